The van der Waals surface area contributed by atoms with E-state index >= 15 is 0 Å². The standard InChI is InChI=1S/C67H65N3/c1-42-34-50(9)63(38-46(42)5)69(64-39-47(6)43(2)35-51(64)10)57-30-26-54(27-31-57)67(59-22-16-18-24-61(59)68(56-20-14-13-15-21-56)62-25-19-17-23-60(62)67)55-28-32-58(33-29-55)70(65-40-48(7)44(3)36-52(65)11)66-41-49(8)45(4)37-53(66)12/h13-41H,1-12H3. The van der Waals surface area contributed by atoms with E-state index in [4.69, 9.17) is 0 Å². The molecular formula is C67H65N3. The van der Waals surface area contributed by atoms with Crippen molar-refractivity contribution in [3.8, 4) is 0 Å². The van der Waals surface area contributed by atoms with Crippen molar-refractivity contribution in [1.29, 1.82) is 0 Å². The number of benzene rings is 9. The molecule has 0 aromatic heterocycles. The van der Waals surface area contributed by atoms with E-state index in [1.54, 1.807) is 0 Å². The van der Waals surface area contributed by atoms with Crippen LogP contribution in [-0.2, 0) is 5.41 Å². The average molecular weight is 912 g/mol. The average Bonchev–Trinajstić information content (AvgIpc) is 3.35. The maximum Gasteiger partial charge on any atom is 0.0742 e. The van der Waals surface area contributed by atoms with E-state index in [1.807, 2.05) is 0 Å². The topological polar surface area (TPSA) is 9.72 Å². The first-order chi connectivity index (χ1) is 33.7. The second kappa shape index (κ2) is 18.0. The van der Waals surface area contributed by atoms with Gasteiger partial charge in [0.2, 0.25) is 0 Å². The Labute approximate surface area is 417 Å². The van der Waals surface area contributed by atoms with Gasteiger partial charge in [-0.15, -0.1) is 0 Å². The summed E-state index contributed by atoms with van der Waals surface area (Å²) in [5.41, 5.74) is 30.0. The lowest BCUT2D eigenvalue weighted by Crippen LogP contribution is -2.37. The fraction of sp³-hybridized carbons (Fsp3) is 0.194. The van der Waals surface area contributed by atoms with E-state index in [2.05, 4.69) is 274 Å². The van der Waals surface area contributed by atoms with Crippen molar-refractivity contribution in [2.24, 2.45) is 0 Å². The van der Waals surface area contributed by atoms with Crippen LogP contribution in [0.5, 0.6) is 0 Å². The molecule has 0 bridgehead atoms. The lowest BCUT2D eigenvalue weighted by molar-refractivity contribution is 0.731. The van der Waals surface area contributed by atoms with Gasteiger partial charge in [0.05, 0.1) is 16.8 Å². The summed E-state index contributed by atoms with van der Waals surface area (Å²) >= 11 is 0. The van der Waals surface area contributed by atoms with E-state index in [1.165, 1.54) is 112 Å². The molecule has 1 aliphatic heterocycles. The Kier molecular flexibility index (Phi) is 11.9. The molecule has 0 radical (unpaired) electrons. The highest BCUT2D eigenvalue weighted by Crippen LogP contribution is 2.58. The fourth-order valence-corrected chi connectivity index (χ4v) is 11.2. The molecule has 0 aliphatic carbocycles. The van der Waals surface area contributed by atoms with Crippen LogP contribution in [0.4, 0.5) is 51.2 Å². The van der Waals surface area contributed by atoms with Crippen LogP contribution in [0.25, 0.3) is 0 Å². The second-order valence-corrected chi connectivity index (χ2v) is 20.1. The van der Waals surface area contributed by atoms with Crippen molar-refractivity contribution < 1.29 is 0 Å². The Morgan fingerprint density at radius 2 is 0.571 bits per heavy atom. The van der Waals surface area contributed by atoms with E-state index in [9.17, 15) is 0 Å². The van der Waals surface area contributed by atoms with Crippen LogP contribution in [0, 0.1) is 83.1 Å². The number of rotatable bonds is 9. The second-order valence-electron chi connectivity index (χ2n) is 20.1. The van der Waals surface area contributed by atoms with Crippen LogP contribution in [0.15, 0.2) is 176 Å². The van der Waals surface area contributed by atoms with Crippen molar-refractivity contribution in [2.45, 2.75) is 88.5 Å². The van der Waals surface area contributed by atoms with Gasteiger partial charge < -0.3 is 14.7 Å². The van der Waals surface area contributed by atoms with Crippen molar-refractivity contribution in [2.75, 3.05) is 14.7 Å². The molecule has 0 saturated heterocycles. The van der Waals surface area contributed by atoms with Gasteiger partial charge in [-0.25, -0.2) is 0 Å². The maximum absolute atomic E-state index is 2.48. The van der Waals surface area contributed by atoms with Gasteiger partial charge in [0.1, 0.15) is 0 Å². The predicted octanol–water partition coefficient (Wildman–Crippen LogP) is 18.5. The molecule has 1 aliphatic rings. The number of para-hydroxylation sites is 3. The van der Waals surface area contributed by atoms with Crippen LogP contribution in [0.3, 0.4) is 0 Å². The van der Waals surface area contributed by atoms with Gasteiger partial charge in [0.15, 0.2) is 0 Å². The summed E-state index contributed by atoms with van der Waals surface area (Å²) < 4.78 is 0. The Hall–Kier alpha value is -7.62. The molecule has 10 rings (SSSR count). The van der Waals surface area contributed by atoms with Gasteiger partial charge in [-0.05, 0) is 245 Å². The molecule has 348 valence electrons. The normalized spacial score (nSPS) is 12.7. The van der Waals surface area contributed by atoms with E-state index in [-0.39, 0.29) is 0 Å². The number of hydrogen-bond donors (Lipinski definition) is 0. The highest BCUT2D eigenvalue weighted by Gasteiger charge is 2.46. The largest absolute Gasteiger partial charge is 0.310 e. The Bertz CT molecular complexity index is 3120. The molecule has 0 unspecified atom stereocenters. The number of hydrogen-bond acceptors (Lipinski definition) is 3. The maximum atomic E-state index is 2.48. The molecule has 3 heteroatoms. The van der Waals surface area contributed by atoms with Crippen molar-refractivity contribution in [3.05, 3.63) is 265 Å². The first-order valence-electron chi connectivity index (χ1n) is 24.8. The monoisotopic (exact) mass is 912 g/mol. The van der Waals surface area contributed by atoms with Crippen LogP contribution in [0.2, 0.25) is 0 Å². The smallest absolute Gasteiger partial charge is 0.0742 e. The quantitative estimate of drug-likeness (QED) is 0.143. The first kappa shape index (κ1) is 46.1. The molecule has 0 amide bonds. The number of anilines is 9. The number of fused-ring (bicyclic) bond motifs is 2. The molecule has 1 heterocycles. The molecule has 0 spiro atoms. The number of nitrogens with zero attached hydrogens (tertiary/aromatic N) is 3. The van der Waals surface area contributed by atoms with E-state index in [0.29, 0.717) is 0 Å². The predicted molar refractivity (Wildman–Crippen MR) is 299 cm³/mol. The Morgan fingerprint density at radius 3 is 0.900 bits per heavy atom. The fourth-order valence-electron chi connectivity index (χ4n) is 11.2. The minimum absolute atomic E-state index is 0.690. The third kappa shape index (κ3) is 7.69. The lowest BCUT2D eigenvalue weighted by atomic mass is 9.62. The van der Waals surface area contributed by atoms with Gasteiger partial charge in [-0.1, -0.05) is 103 Å². The SMILES string of the molecule is Cc1cc(C)c(N(c2ccc(C3(c4ccc(N(c5cc(C)c(C)cc5C)c5cc(C)c(C)cc5C)cc4)c4ccccc4N(c4ccccc4)c4ccccc43)cc2)c2cc(C)c(C)cc2C)cc1C. The summed E-state index contributed by atoms with van der Waals surface area (Å²) in [5, 5.41) is 0. The molecule has 9 aromatic carbocycles. The molecule has 0 N–H and O–H groups in total. The van der Waals surface area contributed by atoms with Crippen LogP contribution >= 0.6 is 0 Å². The molecule has 9 aromatic rings. The zero-order chi connectivity index (χ0) is 49.2. The van der Waals surface area contributed by atoms with Gasteiger partial charge in [-0.3, -0.25) is 0 Å². The minimum atomic E-state index is -0.690. The van der Waals surface area contributed by atoms with Crippen LogP contribution < -0.4 is 14.7 Å². The molecule has 0 fully saturated rings. The van der Waals surface area contributed by atoms with E-state index < -0.39 is 5.41 Å². The molecule has 3 nitrogen and oxygen atoms in total. The Morgan fingerprint density at radius 1 is 0.286 bits per heavy atom. The lowest BCUT2D eigenvalue weighted by Gasteiger charge is -2.46. The van der Waals surface area contributed by atoms with Crippen molar-refractivity contribution in [3.63, 3.8) is 0 Å². The summed E-state index contributed by atoms with van der Waals surface area (Å²) in [6, 6.07) is 66.8. The van der Waals surface area contributed by atoms with Gasteiger partial charge in [0.25, 0.3) is 0 Å². The van der Waals surface area contributed by atoms with Crippen molar-refractivity contribution >= 4 is 51.2 Å². The summed E-state index contributed by atoms with van der Waals surface area (Å²) in [6.07, 6.45) is 0. The Balaban J connectivity index is 1.23. The van der Waals surface area contributed by atoms with E-state index in [0.717, 1.165) is 28.4 Å². The summed E-state index contributed by atoms with van der Waals surface area (Å²) in [6.45, 7) is 26.7. The molecular weight excluding hydrogens is 847 g/mol. The molecule has 0 saturated carbocycles. The summed E-state index contributed by atoms with van der Waals surface area (Å²) in [4.78, 5) is 7.41. The highest BCUT2D eigenvalue weighted by molar-refractivity contribution is 5.90. The molecule has 0 atom stereocenters. The zero-order valence-corrected chi connectivity index (χ0v) is 43.1. The van der Waals surface area contributed by atoms with Gasteiger partial charge >= 0.3 is 0 Å². The third-order valence-corrected chi connectivity index (χ3v) is 15.4. The summed E-state index contributed by atoms with van der Waals surface area (Å²) in [7, 11) is 0. The highest BCUT2D eigenvalue weighted by atomic mass is 15.2. The van der Waals surface area contributed by atoms with Gasteiger partial charge in [0, 0.05) is 39.8 Å². The van der Waals surface area contributed by atoms with Crippen LogP contribution in [0.1, 0.15) is 89.0 Å². The van der Waals surface area contributed by atoms with Crippen LogP contribution in [-0.4, -0.2) is 0 Å². The third-order valence-electron chi connectivity index (χ3n) is 15.4. The minimum Gasteiger partial charge on any atom is -0.310 e. The van der Waals surface area contributed by atoms with Gasteiger partial charge in [-0.2, -0.15) is 0 Å². The zero-order valence-electron chi connectivity index (χ0n) is 43.1. The van der Waals surface area contributed by atoms with Crippen molar-refractivity contribution in [1.82, 2.24) is 0 Å². The first-order valence-corrected chi connectivity index (χ1v) is 24.8. The number of aryl methyl sites for hydroxylation is 12. The summed E-state index contributed by atoms with van der Waals surface area (Å²) in [5.74, 6) is 0. The molecule has 70 heavy (non-hydrogen) atoms.